The van der Waals surface area contributed by atoms with Gasteiger partial charge >= 0.3 is 5.97 Å². The molecular weight excluding hydrogens is 341 g/mol. The van der Waals surface area contributed by atoms with Crippen LogP contribution in [-0.4, -0.2) is 29.4 Å². The summed E-state index contributed by atoms with van der Waals surface area (Å²) in [5, 5.41) is 0. The topological polar surface area (TPSA) is 97.4 Å². The Kier molecular flexibility index (Phi) is 6.00. The number of carbonyl (C=O) groups excluding carboxylic acids is 3. The van der Waals surface area contributed by atoms with Crippen LogP contribution in [0.15, 0.2) is 30.3 Å². The van der Waals surface area contributed by atoms with Crippen molar-refractivity contribution in [1.29, 1.82) is 0 Å². The largest absolute Gasteiger partial charge is 0.462 e. The third-order valence-electron chi connectivity index (χ3n) is 3.55. The predicted molar refractivity (Wildman–Crippen MR) is 91.0 cm³/mol. The third kappa shape index (κ3) is 4.21. The molecule has 0 saturated heterocycles. The van der Waals surface area contributed by atoms with Gasteiger partial charge in [0.05, 0.1) is 34.7 Å². The molecule has 2 amide bonds. The highest BCUT2D eigenvalue weighted by atomic mass is 19.1. The van der Waals surface area contributed by atoms with Crippen LogP contribution in [0.4, 0.5) is 4.39 Å². The second-order valence-electron chi connectivity index (χ2n) is 5.36. The van der Waals surface area contributed by atoms with Gasteiger partial charge in [0.25, 0.3) is 11.8 Å². The number of aromatic nitrogens is 1. The Morgan fingerprint density at radius 2 is 1.58 bits per heavy atom. The standard InChI is InChI=1S/C18H18FN3O4/c1-4-26-18(25)14-9-13(10(2)20-11(14)3)17(24)22-21-16(23)12-7-5-6-8-15(12)19/h5-9H,4H2,1-3H3,(H,21,23)(H,22,24). The van der Waals surface area contributed by atoms with Gasteiger partial charge in [-0.25, -0.2) is 9.18 Å². The molecule has 0 aliphatic heterocycles. The third-order valence-corrected chi connectivity index (χ3v) is 3.55. The molecule has 0 spiro atoms. The molecule has 0 atom stereocenters. The Morgan fingerprint density at radius 1 is 1.00 bits per heavy atom. The van der Waals surface area contributed by atoms with Crippen molar-refractivity contribution in [3.63, 3.8) is 0 Å². The first kappa shape index (κ1) is 19.0. The molecule has 0 unspecified atom stereocenters. The number of rotatable bonds is 4. The van der Waals surface area contributed by atoms with Crippen molar-refractivity contribution in [3.05, 3.63) is 64.2 Å². The molecule has 1 aromatic carbocycles. The minimum absolute atomic E-state index is 0.0903. The van der Waals surface area contributed by atoms with E-state index in [1.54, 1.807) is 20.8 Å². The van der Waals surface area contributed by atoms with Crippen LogP contribution in [0.1, 0.15) is 49.4 Å². The molecule has 0 saturated carbocycles. The van der Waals surface area contributed by atoms with Gasteiger partial charge in [-0.1, -0.05) is 12.1 Å². The van der Waals surface area contributed by atoms with Crippen molar-refractivity contribution in [3.8, 4) is 0 Å². The SMILES string of the molecule is CCOC(=O)c1cc(C(=O)NNC(=O)c2ccccc2F)c(C)nc1C. The van der Waals surface area contributed by atoms with Crippen molar-refractivity contribution in [2.75, 3.05) is 6.61 Å². The number of nitrogens with zero attached hydrogens (tertiary/aromatic N) is 1. The van der Waals surface area contributed by atoms with Gasteiger partial charge < -0.3 is 4.74 Å². The van der Waals surface area contributed by atoms with Crippen LogP contribution in [-0.2, 0) is 4.74 Å². The van der Waals surface area contributed by atoms with Gasteiger partial charge in [-0.3, -0.25) is 25.4 Å². The lowest BCUT2D eigenvalue weighted by Crippen LogP contribution is -2.42. The number of hydrazine groups is 1. The average Bonchev–Trinajstić information content (AvgIpc) is 2.60. The van der Waals surface area contributed by atoms with Crippen molar-refractivity contribution >= 4 is 17.8 Å². The highest BCUT2D eigenvalue weighted by molar-refractivity contribution is 6.01. The van der Waals surface area contributed by atoms with E-state index in [9.17, 15) is 18.8 Å². The zero-order valence-corrected chi connectivity index (χ0v) is 14.6. The number of hydrogen-bond acceptors (Lipinski definition) is 5. The molecule has 2 aromatic rings. The van der Waals surface area contributed by atoms with Gasteiger partial charge in [0.1, 0.15) is 5.82 Å². The second-order valence-corrected chi connectivity index (χ2v) is 5.36. The molecule has 0 aliphatic carbocycles. The summed E-state index contributed by atoms with van der Waals surface area (Å²) >= 11 is 0. The molecule has 2 rings (SSSR count). The molecule has 2 N–H and O–H groups in total. The van der Waals surface area contributed by atoms with E-state index in [4.69, 9.17) is 4.74 Å². The Balaban J connectivity index is 2.16. The van der Waals surface area contributed by atoms with Crippen LogP contribution in [0, 0.1) is 19.7 Å². The van der Waals surface area contributed by atoms with Crippen LogP contribution in [0.2, 0.25) is 0 Å². The summed E-state index contributed by atoms with van der Waals surface area (Å²) in [6.45, 7) is 5.07. The van der Waals surface area contributed by atoms with E-state index in [-0.39, 0.29) is 23.3 Å². The van der Waals surface area contributed by atoms with Gasteiger partial charge in [0.15, 0.2) is 0 Å². The minimum Gasteiger partial charge on any atom is -0.462 e. The number of aryl methyl sites for hydroxylation is 2. The monoisotopic (exact) mass is 359 g/mol. The van der Waals surface area contributed by atoms with E-state index in [1.165, 1.54) is 24.3 Å². The first-order chi connectivity index (χ1) is 12.3. The highest BCUT2D eigenvalue weighted by Gasteiger charge is 2.19. The summed E-state index contributed by atoms with van der Waals surface area (Å²) in [6, 6.07) is 6.72. The number of benzene rings is 1. The Morgan fingerprint density at radius 3 is 2.19 bits per heavy atom. The van der Waals surface area contributed by atoms with Gasteiger partial charge in [0, 0.05) is 0 Å². The highest BCUT2D eigenvalue weighted by Crippen LogP contribution is 2.14. The average molecular weight is 359 g/mol. The predicted octanol–water partition coefficient (Wildman–Crippen LogP) is 2.09. The number of halogens is 1. The van der Waals surface area contributed by atoms with Crippen LogP contribution in [0.5, 0.6) is 0 Å². The summed E-state index contributed by atoms with van der Waals surface area (Å²) in [6.07, 6.45) is 0. The number of hydrogen-bond donors (Lipinski definition) is 2. The summed E-state index contributed by atoms with van der Waals surface area (Å²) in [5.41, 5.74) is 5.15. The smallest absolute Gasteiger partial charge is 0.339 e. The summed E-state index contributed by atoms with van der Waals surface area (Å²) in [4.78, 5) is 40.4. The molecule has 0 radical (unpaired) electrons. The molecule has 7 nitrogen and oxygen atoms in total. The van der Waals surface area contributed by atoms with E-state index < -0.39 is 23.6 Å². The Bertz CT molecular complexity index is 868. The molecule has 1 heterocycles. The molecular formula is C18H18FN3O4. The van der Waals surface area contributed by atoms with E-state index in [2.05, 4.69) is 15.8 Å². The van der Waals surface area contributed by atoms with Gasteiger partial charge in [-0.15, -0.1) is 0 Å². The Hall–Kier alpha value is -3.29. The fraction of sp³-hybridized carbons (Fsp3) is 0.222. The molecule has 8 heteroatoms. The summed E-state index contributed by atoms with van der Waals surface area (Å²) in [5.74, 6) is -2.80. The first-order valence-corrected chi connectivity index (χ1v) is 7.85. The number of pyridine rings is 1. The summed E-state index contributed by atoms with van der Waals surface area (Å²) in [7, 11) is 0. The van der Waals surface area contributed by atoms with Crippen molar-refractivity contribution in [2.24, 2.45) is 0 Å². The number of esters is 1. The maximum atomic E-state index is 13.6. The second kappa shape index (κ2) is 8.19. The van der Waals surface area contributed by atoms with Crippen molar-refractivity contribution in [2.45, 2.75) is 20.8 Å². The normalized spacial score (nSPS) is 10.2. The van der Waals surface area contributed by atoms with E-state index in [0.29, 0.717) is 11.4 Å². The van der Waals surface area contributed by atoms with Crippen LogP contribution >= 0.6 is 0 Å². The van der Waals surface area contributed by atoms with Gasteiger partial charge in [-0.2, -0.15) is 0 Å². The fourth-order valence-electron chi connectivity index (χ4n) is 2.26. The molecule has 0 fully saturated rings. The lowest BCUT2D eigenvalue weighted by atomic mass is 10.1. The lowest BCUT2D eigenvalue weighted by Gasteiger charge is -2.12. The molecule has 0 bridgehead atoms. The van der Waals surface area contributed by atoms with Crippen LogP contribution in [0.3, 0.4) is 0 Å². The van der Waals surface area contributed by atoms with Crippen molar-refractivity contribution < 1.29 is 23.5 Å². The molecule has 136 valence electrons. The Labute approximate surface area is 149 Å². The zero-order chi connectivity index (χ0) is 19.3. The number of carbonyl (C=O) groups is 3. The molecule has 26 heavy (non-hydrogen) atoms. The van der Waals surface area contributed by atoms with E-state index in [0.717, 1.165) is 6.07 Å². The minimum atomic E-state index is -0.806. The maximum absolute atomic E-state index is 13.6. The van der Waals surface area contributed by atoms with Crippen molar-refractivity contribution in [1.82, 2.24) is 15.8 Å². The lowest BCUT2D eigenvalue weighted by molar-refractivity contribution is 0.0524. The fourth-order valence-corrected chi connectivity index (χ4v) is 2.26. The molecule has 1 aromatic heterocycles. The maximum Gasteiger partial charge on any atom is 0.339 e. The number of ether oxygens (including phenoxy) is 1. The summed E-state index contributed by atoms with van der Waals surface area (Å²) < 4.78 is 18.5. The quantitative estimate of drug-likeness (QED) is 0.643. The van der Waals surface area contributed by atoms with E-state index >= 15 is 0 Å². The van der Waals surface area contributed by atoms with E-state index in [1.807, 2.05) is 0 Å². The number of amides is 2. The zero-order valence-electron chi connectivity index (χ0n) is 14.6. The van der Waals surface area contributed by atoms with Crippen LogP contribution in [0.25, 0.3) is 0 Å². The van der Waals surface area contributed by atoms with Crippen LogP contribution < -0.4 is 10.9 Å². The first-order valence-electron chi connectivity index (χ1n) is 7.85. The molecule has 0 aliphatic rings. The van der Waals surface area contributed by atoms with Gasteiger partial charge in [0.2, 0.25) is 0 Å². The number of nitrogens with one attached hydrogen (secondary N) is 2. The van der Waals surface area contributed by atoms with Gasteiger partial charge in [-0.05, 0) is 39.0 Å².